The highest BCUT2D eigenvalue weighted by atomic mass is 16.7. The molecule has 76 valence electrons. The molecule has 1 aliphatic rings. The lowest BCUT2D eigenvalue weighted by Crippen LogP contribution is -1.93. The van der Waals surface area contributed by atoms with Crippen LogP contribution in [0.2, 0.25) is 0 Å². The number of ether oxygens (including phenoxy) is 2. The summed E-state index contributed by atoms with van der Waals surface area (Å²) in [4.78, 5) is 3.96. The molecule has 0 N–H and O–H groups in total. The first-order valence-corrected chi connectivity index (χ1v) is 4.55. The molecule has 0 bridgehead atoms. The van der Waals surface area contributed by atoms with E-state index in [0.717, 1.165) is 17.1 Å². The molecular formula is C10H8N2O3. The van der Waals surface area contributed by atoms with Crippen molar-refractivity contribution in [1.82, 2.24) is 10.1 Å². The summed E-state index contributed by atoms with van der Waals surface area (Å²) in [6.45, 7) is 0.293. The number of rotatable bonds is 2. The van der Waals surface area contributed by atoms with Gasteiger partial charge in [0.25, 0.3) is 0 Å². The van der Waals surface area contributed by atoms with E-state index in [1.165, 1.54) is 6.39 Å². The second-order valence-electron chi connectivity index (χ2n) is 3.21. The Balaban J connectivity index is 1.87. The zero-order chi connectivity index (χ0) is 10.1. The van der Waals surface area contributed by atoms with Gasteiger partial charge in [-0.2, -0.15) is 4.98 Å². The lowest BCUT2D eigenvalue weighted by atomic mass is 10.1. The average Bonchev–Trinajstić information content (AvgIpc) is 2.87. The third kappa shape index (κ3) is 1.52. The monoisotopic (exact) mass is 204 g/mol. The normalized spacial score (nSPS) is 13.1. The Bertz CT molecular complexity index is 468. The molecule has 2 aromatic rings. The predicted octanol–water partition coefficient (Wildman–Crippen LogP) is 1.39. The Labute approximate surface area is 85.6 Å². The van der Waals surface area contributed by atoms with Crippen LogP contribution in [-0.4, -0.2) is 16.9 Å². The fourth-order valence-corrected chi connectivity index (χ4v) is 1.50. The van der Waals surface area contributed by atoms with Gasteiger partial charge in [-0.05, 0) is 17.7 Å². The van der Waals surface area contributed by atoms with Crippen LogP contribution in [-0.2, 0) is 6.42 Å². The summed E-state index contributed by atoms with van der Waals surface area (Å²) in [5, 5.41) is 3.75. The van der Waals surface area contributed by atoms with Crippen molar-refractivity contribution >= 4 is 0 Å². The first-order valence-electron chi connectivity index (χ1n) is 4.55. The quantitative estimate of drug-likeness (QED) is 0.739. The molecule has 0 radical (unpaired) electrons. The molecule has 0 amide bonds. The summed E-state index contributed by atoms with van der Waals surface area (Å²) in [5.41, 5.74) is 1.07. The van der Waals surface area contributed by atoms with E-state index in [0.29, 0.717) is 19.0 Å². The highest BCUT2D eigenvalue weighted by Crippen LogP contribution is 2.32. The summed E-state index contributed by atoms with van der Waals surface area (Å²) >= 11 is 0. The largest absolute Gasteiger partial charge is 0.454 e. The van der Waals surface area contributed by atoms with Gasteiger partial charge in [-0.3, -0.25) is 0 Å². The molecule has 0 atom stereocenters. The van der Waals surface area contributed by atoms with Crippen molar-refractivity contribution in [3.63, 3.8) is 0 Å². The Morgan fingerprint density at radius 1 is 1.20 bits per heavy atom. The number of fused-ring (bicyclic) bond motifs is 1. The molecule has 0 unspecified atom stereocenters. The molecule has 5 heteroatoms. The molecule has 1 aromatic heterocycles. The van der Waals surface area contributed by atoms with Crippen LogP contribution in [0.25, 0.3) is 0 Å². The van der Waals surface area contributed by atoms with E-state index in [2.05, 4.69) is 14.7 Å². The molecule has 1 aliphatic heterocycles. The number of hydrogen-bond donors (Lipinski definition) is 0. The van der Waals surface area contributed by atoms with Crippen molar-refractivity contribution in [2.24, 2.45) is 0 Å². The van der Waals surface area contributed by atoms with Crippen molar-refractivity contribution in [2.75, 3.05) is 6.79 Å². The number of nitrogens with zero attached hydrogens (tertiary/aromatic N) is 2. The molecule has 0 spiro atoms. The van der Waals surface area contributed by atoms with Gasteiger partial charge in [0.05, 0.1) is 0 Å². The van der Waals surface area contributed by atoms with E-state index in [9.17, 15) is 0 Å². The maximum Gasteiger partial charge on any atom is 0.231 e. The van der Waals surface area contributed by atoms with Crippen LogP contribution < -0.4 is 9.47 Å². The molecule has 0 aliphatic carbocycles. The van der Waals surface area contributed by atoms with Gasteiger partial charge in [0.2, 0.25) is 13.2 Å². The van der Waals surface area contributed by atoms with Gasteiger partial charge in [0.15, 0.2) is 17.3 Å². The maximum atomic E-state index is 5.27. The van der Waals surface area contributed by atoms with E-state index < -0.39 is 0 Å². The van der Waals surface area contributed by atoms with Crippen molar-refractivity contribution in [2.45, 2.75) is 6.42 Å². The minimum Gasteiger partial charge on any atom is -0.454 e. The van der Waals surface area contributed by atoms with Crippen LogP contribution in [0.4, 0.5) is 0 Å². The first kappa shape index (κ1) is 8.28. The molecular weight excluding hydrogens is 196 g/mol. The Kier molecular flexibility index (Phi) is 1.81. The molecule has 15 heavy (non-hydrogen) atoms. The van der Waals surface area contributed by atoms with Crippen molar-refractivity contribution in [3.8, 4) is 11.5 Å². The van der Waals surface area contributed by atoms with Crippen LogP contribution in [0.1, 0.15) is 11.4 Å². The maximum absolute atomic E-state index is 5.27. The van der Waals surface area contributed by atoms with E-state index in [-0.39, 0.29) is 0 Å². The second kappa shape index (κ2) is 3.27. The van der Waals surface area contributed by atoms with Crippen molar-refractivity contribution in [3.05, 3.63) is 36.0 Å². The van der Waals surface area contributed by atoms with Gasteiger partial charge in [-0.1, -0.05) is 11.2 Å². The third-order valence-electron chi connectivity index (χ3n) is 2.21. The Morgan fingerprint density at radius 2 is 2.13 bits per heavy atom. The van der Waals surface area contributed by atoms with Crippen LogP contribution in [0.5, 0.6) is 11.5 Å². The molecule has 5 nitrogen and oxygen atoms in total. The smallest absolute Gasteiger partial charge is 0.231 e. The number of hydrogen-bond acceptors (Lipinski definition) is 5. The second-order valence-corrected chi connectivity index (χ2v) is 3.21. The van der Waals surface area contributed by atoms with Gasteiger partial charge < -0.3 is 14.0 Å². The van der Waals surface area contributed by atoms with Gasteiger partial charge in [-0.25, -0.2) is 0 Å². The molecule has 0 saturated heterocycles. The number of aromatic nitrogens is 2. The van der Waals surface area contributed by atoms with Crippen LogP contribution in [0.15, 0.2) is 29.1 Å². The SMILES string of the molecule is c1nc(Cc2ccc3c(c2)OCO3)no1. The first-order chi connectivity index (χ1) is 7.42. The van der Waals surface area contributed by atoms with Crippen molar-refractivity contribution in [1.29, 1.82) is 0 Å². The minimum absolute atomic E-state index is 0.293. The van der Waals surface area contributed by atoms with E-state index in [4.69, 9.17) is 9.47 Å². The fraction of sp³-hybridized carbons (Fsp3) is 0.200. The van der Waals surface area contributed by atoms with Crippen LogP contribution in [0, 0.1) is 0 Å². The summed E-state index contributed by atoms with van der Waals surface area (Å²) < 4.78 is 15.2. The van der Waals surface area contributed by atoms with Gasteiger partial charge in [-0.15, -0.1) is 0 Å². The summed E-state index contributed by atoms with van der Waals surface area (Å²) in [6, 6.07) is 5.78. The minimum atomic E-state index is 0.293. The molecule has 2 heterocycles. The highest BCUT2D eigenvalue weighted by Gasteiger charge is 2.13. The summed E-state index contributed by atoms with van der Waals surface area (Å²) in [5.74, 6) is 2.22. The van der Waals surface area contributed by atoms with Crippen LogP contribution >= 0.6 is 0 Å². The zero-order valence-corrected chi connectivity index (χ0v) is 7.84. The average molecular weight is 204 g/mol. The lowest BCUT2D eigenvalue weighted by molar-refractivity contribution is 0.174. The standard InChI is InChI=1S/C10H8N2O3/c1-2-8-9(14-6-13-8)3-7(1)4-10-11-5-15-12-10/h1-3,5H,4,6H2. The van der Waals surface area contributed by atoms with E-state index in [1.807, 2.05) is 18.2 Å². The Hall–Kier alpha value is -2.04. The van der Waals surface area contributed by atoms with Gasteiger partial charge in [0, 0.05) is 6.42 Å². The van der Waals surface area contributed by atoms with Crippen molar-refractivity contribution < 1.29 is 14.0 Å². The molecule has 0 fully saturated rings. The lowest BCUT2D eigenvalue weighted by Gasteiger charge is -1.99. The molecule has 0 saturated carbocycles. The third-order valence-corrected chi connectivity index (χ3v) is 2.21. The summed E-state index contributed by atoms with van der Waals surface area (Å²) in [6.07, 6.45) is 1.95. The van der Waals surface area contributed by atoms with Crippen LogP contribution in [0.3, 0.4) is 0 Å². The van der Waals surface area contributed by atoms with Gasteiger partial charge >= 0.3 is 0 Å². The van der Waals surface area contributed by atoms with Gasteiger partial charge in [0.1, 0.15) is 0 Å². The number of benzene rings is 1. The van der Waals surface area contributed by atoms with E-state index in [1.54, 1.807) is 0 Å². The highest BCUT2D eigenvalue weighted by molar-refractivity contribution is 5.44. The van der Waals surface area contributed by atoms with E-state index >= 15 is 0 Å². The molecule has 3 rings (SSSR count). The fourth-order valence-electron chi connectivity index (χ4n) is 1.50. The zero-order valence-electron chi connectivity index (χ0n) is 7.84. The summed E-state index contributed by atoms with van der Waals surface area (Å²) in [7, 11) is 0. The Morgan fingerprint density at radius 3 is 3.00 bits per heavy atom. The topological polar surface area (TPSA) is 57.4 Å². The molecule has 1 aromatic carbocycles. The predicted molar refractivity (Wildman–Crippen MR) is 49.7 cm³/mol.